The molecule has 2 aliphatic heterocycles. The van der Waals surface area contributed by atoms with Crippen molar-refractivity contribution < 1.29 is 5.11 Å². The molecule has 0 amide bonds. The zero-order valence-corrected chi connectivity index (χ0v) is 11.8. The second kappa shape index (κ2) is 4.21. The number of hydrogen-bond acceptors (Lipinski definition) is 2. The molecular weight excluding hydrogens is 248 g/mol. The molecule has 1 fully saturated rings. The van der Waals surface area contributed by atoms with Crippen molar-refractivity contribution in [2.75, 3.05) is 13.2 Å². The first-order valence-electron chi connectivity index (χ1n) is 7.33. The Kier molecular flexibility index (Phi) is 2.56. The summed E-state index contributed by atoms with van der Waals surface area (Å²) in [4.78, 5) is 2.48. The van der Waals surface area contributed by atoms with Crippen LogP contribution in [0, 0.1) is 5.92 Å². The second-order valence-corrected chi connectivity index (χ2v) is 5.95. The van der Waals surface area contributed by atoms with E-state index in [0.717, 1.165) is 13.0 Å². The van der Waals surface area contributed by atoms with Crippen molar-refractivity contribution in [1.82, 2.24) is 9.47 Å². The van der Waals surface area contributed by atoms with Gasteiger partial charge in [-0.25, -0.2) is 0 Å². The fourth-order valence-corrected chi connectivity index (χ4v) is 4.30. The van der Waals surface area contributed by atoms with Gasteiger partial charge in [-0.2, -0.15) is 0 Å². The smallest absolute Gasteiger partial charge is 0.0577 e. The largest absolute Gasteiger partial charge is 0.396 e. The maximum atomic E-state index is 9.73. The van der Waals surface area contributed by atoms with E-state index in [4.69, 9.17) is 0 Å². The van der Waals surface area contributed by atoms with Crippen LogP contribution in [0.1, 0.15) is 17.3 Å². The van der Waals surface area contributed by atoms with E-state index in [9.17, 15) is 5.11 Å². The Morgan fingerprint density at radius 2 is 2.20 bits per heavy atom. The van der Waals surface area contributed by atoms with E-state index >= 15 is 0 Å². The lowest BCUT2D eigenvalue weighted by molar-refractivity contribution is -0.0683. The first-order chi connectivity index (χ1) is 9.77. The summed E-state index contributed by atoms with van der Waals surface area (Å²) in [7, 11) is 2.15. The SMILES string of the molecule is C=C[C@@H]1[C@H](CO)[C@H]2c3c(c4ccccc4n3C)CCN12. The predicted octanol–water partition coefficient (Wildman–Crippen LogP) is 2.25. The normalized spacial score (nSPS) is 28.8. The number of nitrogens with zero attached hydrogens (tertiary/aromatic N) is 2. The Balaban J connectivity index is 1.91. The Hall–Kier alpha value is -1.58. The molecule has 1 N–H and O–H groups in total. The van der Waals surface area contributed by atoms with E-state index in [1.807, 2.05) is 6.08 Å². The van der Waals surface area contributed by atoms with Crippen LogP contribution in [0.25, 0.3) is 10.9 Å². The third kappa shape index (κ3) is 1.32. The molecule has 2 aliphatic rings. The molecule has 1 aromatic carbocycles. The third-order valence-corrected chi connectivity index (χ3v) is 5.20. The molecule has 0 radical (unpaired) electrons. The number of benzene rings is 1. The lowest BCUT2D eigenvalue weighted by atomic mass is 9.74. The molecule has 3 heterocycles. The van der Waals surface area contributed by atoms with Crippen LogP contribution in [0.4, 0.5) is 0 Å². The maximum Gasteiger partial charge on any atom is 0.0577 e. The highest BCUT2D eigenvalue weighted by atomic mass is 16.3. The van der Waals surface area contributed by atoms with Gasteiger partial charge in [0.25, 0.3) is 0 Å². The molecular formula is C17H20N2O. The van der Waals surface area contributed by atoms with Gasteiger partial charge in [-0.1, -0.05) is 24.3 Å². The number of rotatable bonds is 2. The van der Waals surface area contributed by atoms with Crippen LogP contribution >= 0.6 is 0 Å². The summed E-state index contributed by atoms with van der Waals surface area (Å²) in [6, 6.07) is 9.31. The summed E-state index contributed by atoms with van der Waals surface area (Å²) in [5.74, 6) is 0.287. The Morgan fingerprint density at radius 1 is 1.40 bits per heavy atom. The molecule has 0 spiro atoms. The van der Waals surface area contributed by atoms with Crippen LogP contribution in [-0.2, 0) is 13.5 Å². The number of aromatic nitrogens is 1. The Bertz CT molecular complexity index is 688. The van der Waals surface area contributed by atoms with Crippen LogP contribution in [0.5, 0.6) is 0 Å². The molecule has 3 atom stereocenters. The topological polar surface area (TPSA) is 28.4 Å². The predicted molar refractivity (Wildman–Crippen MR) is 80.6 cm³/mol. The number of hydrogen-bond donors (Lipinski definition) is 1. The molecule has 1 saturated heterocycles. The van der Waals surface area contributed by atoms with Crippen LogP contribution < -0.4 is 0 Å². The van der Waals surface area contributed by atoms with Gasteiger partial charge in [0.05, 0.1) is 6.04 Å². The van der Waals surface area contributed by atoms with Gasteiger partial charge in [-0.3, -0.25) is 4.90 Å². The average Bonchev–Trinajstić information content (AvgIpc) is 2.74. The standard InChI is InChI=1S/C17H20N2O/c1-3-14-13(10-20)17-16-12(8-9-19(14)17)11-6-4-5-7-15(11)18(16)2/h3-7,13-14,17,20H,1,8-10H2,2H3/t13-,14+,17-/m0/s1. The second-order valence-electron chi connectivity index (χ2n) is 5.95. The minimum Gasteiger partial charge on any atom is -0.396 e. The minimum atomic E-state index is 0.235. The molecule has 2 aromatic rings. The summed E-state index contributed by atoms with van der Waals surface area (Å²) in [6.07, 6.45) is 3.08. The summed E-state index contributed by atoms with van der Waals surface area (Å²) in [5.41, 5.74) is 4.18. The van der Waals surface area contributed by atoms with E-state index < -0.39 is 0 Å². The van der Waals surface area contributed by atoms with Gasteiger partial charge in [-0.15, -0.1) is 6.58 Å². The molecule has 1 aromatic heterocycles. The van der Waals surface area contributed by atoms with E-state index in [1.54, 1.807) is 0 Å². The molecule has 4 rings (SSSR count). The van der Waals surface area contributed by atoms with Crippen LogP contribution in [0.2, 0.25) is 0 Å². The number of aliphatic hydroxyl groups excluding tert-OH is 1. The highest BCUT2D eigenvalue weighted by molar-refractivity contribution is 5.86. The van der Waals surface area contributed by atoms with Crippen molar-refractivity contribution in [2.45, 2.75) is 18.5 Å². The quantitative estimate of drug-likeness (QED) is 0.846. The van der Waals surface area contributed by atoms with Gasteiger partial charge in [0, 0.05) is 48.8 Å². The summed E-state index contributed by atoms with van der Waals surface area (Å²) in [6.45, 7) is 5.24. The van der Waals surface area contributed by atoms with Gasteiger partial charge in [0.15, 0.2) is 0 Å². The van der Waals surface area contributed by atoms with Gasteiger partial charge >= 0.3 is 0 Å². The fraction of sp³-hybridized carbons (Fsp3) is 0.412. The van der Waals surface area contributed by atoms with Crippen LogP contribution in [-0.4, -0.2) is 33.8 Å². The zero-order chi connectivity index (χ0) is 13.9. The van der Waals surface area contributed by atoms with Crippen molar-refractivity contribution in [3.05, 3.63) is 48.2 Å². The van der Waals surface area contributed by atoms with Gasteiger partial charge in [0.1, 0.15) is 0 Å². The van der Waals surface area contributed by atoms with Crippen molar-refractivity contribution >= 4 is 10.9 Å². The van der Waals surface area contributed by atoms with Crippen LogP contribution in [0.3, 0.4) is 0 Å². The Labute approximate surface area is 119 Å². The number of aliphatic hydroxyl groups is 1. The molecule has 0 saturated carbocycles. The highest BCUT2D eigenvalue weighted by Gasteiger charge is 2.50. The van der Waals surface area contributed by atoms with Crippen molar-refractivity contribution in [1.29, 1.82) is 0 Å². The molecule has 3 heteroatoms. The van der Waals surface area contributed by atoms with E-state index in [2.05, 4.69) is 47.4 Å². The number of fused-ring (bicyclic) bond motifs is 5. The van der Waals surface area contributed by atoms with E-state index in [0.29, 0.717) is 12.1 Å². The Morgan fingerprint density at radius 3 is 2.95 bits per heavy atom. The summed E-state index contributed by atoms with van der Waals surface area (Å²) in [5, 5.41) is 11.1. The molecule has 20 heavy (non-hydrogen) atoms. The first kappa shape index (κ1) is 12.2. The van der Waals surface area contributed by atoms with Crippen molar-refractivity contribution in [3.8, 4) is 0 Å². The third-order valence-electron chi connectivity index (χ3n) is 5.20. The average molecular weight is 268 g/mol. The number of aryl methyl sites for hydroxylation is 1. The number of para-hydroxylation sites is 1. The van der Waals surface area contributed by atoms with Gasteiger partial charge in [0.2, 0.25) is 0 Å². The van der Waals surface area contributed by atoms with E-state index in [1.165, 1.54) is 22.2 Å². The van der Waals surface area contributed by atoms with Gasteiger partial charge < -0.3 is 9.67 Å². The zero-order valence-electron chi connectivity index (χ0n) is 11.8. The minimum absolute atomic E-state index is 0.235. The summed E-state index contributed by atoms with van der Waals surface area (Å²) >= 11 is 0. The lowest BCUT2D eigenvalue weighted by Gasteiger charge is -2.56. The van der Waals surface area contributed by atoms with Crippen molar-refractivity contribution in [2.24, 2.45) is 13.0 Å². The summed E-state index contributed by atoms with van der Waals surface area (Å²) < 4.78 is 2.32. The molecule has 104 valence electrons. The highest BCUT2D eigenvalue weighted by Crippen LogP contribution is 2.49. The van der Waals surface area contributed by atoms with Crippen LogP contribution in [0.15, 0.2) is 36.9 Å². The van der Waals surface area contributed by atoms with E-state index in [-0.39, 0.29) is 12.5 Å². The maximum absolute atomic E-state index is 9.73. The molecule has 0 aliphatic carbocycles. The molecule has 0 bridgehead atoms. The van der Waals surface area contributed by atoms with Crippen molar-refractivity contribution in [3.63, 3.8) is 0 Å². The molecule has 3 nitrogen and oxygen atoms in total. The first-order valence-corrected chi connectivity index (χ1v) is 7.33. The lowest BCUT2D eigenvalue weighted by Crippen LogP contribution is -2.61. The molecule has 0 unspecified atom stereocenters. The van der Waals surface area contributed by atoms with Gasteiger partial charge in [-0.05, 0) is 18.1 Å². The monoisotopic (exact) mass is 268 g/mol. The fourth-order valence-electron chi connectivity index (χ4n) is 4.30.